The van der Waals surface area contributed by atoms with E-state index < -0.39 is 5.97 Å². The monoisotopic (exact) mass is 257 g/mol. The van der Waals surface area contributed by atoms with E-state index in [9.17, 15) is 4.79 Å². The van der Waals surface area contributed by atoms with E-state index in [2.05, 4.69) is 6.92 Å². The van der Waals surface area contributed by atoms with Gasteiger partial charge in [-0.1, -0.05) is 18.5 Å². The molecule has 0 amide bonds. The molecule has 0 saturated heterocycles. The fourth-order valence-corrected chi connectivity index (χ4v) is 3.12. The number of thioether (sulfide) groups is 1. The molecule has 1 aliphatic heterocycles. The first kappa shape index (κ1) is 11.6. The molecule has 3 nitrogen and oxygen atoms in total. The summed E-state index contributed by atoms with van der Waals surface area (Å²) < 4.78 is 0. The number of anilines is 1. The Morgan fingerprint density at radius 2 is 2.44 bits per heavy atom. The number of carbonyl (C=O) groups is 1. The number of fused-ring (bicyclic) bond motifs is 1. The third-order valence-electron chi connectivity index (χ3n) is 2.39. The van der Waals surface area contributed by atoms with E-state index in [0.717, 1.165) is 17.1 Å². The summed E-state index contributed by atoms with van der Waals surface area (Å²) in [6.07, 6.45) is 0. The highest BCUT2D eigenvalue weighted by molar-refractivity contribution is 8.00. The maximum absolute atomic E-state index is 10.8. The smallest absolute Gasteiger partial charge is 0.323 e. The molecule has 0 fully saturated rings. The Morgan fingerprint density at radius 1 is 1.69 bits per heavy atom. The van der Waals surface area contributed by atoms with Crippen molar-refractivity contribution in [1.29, 1.82) is 0 Å². The van der Waals surface area contributed by atoms with Crippen molar-refractivity contribution in [3.63, 3.8) is 0 Å². The SMILES string of the molecule is CC1CN(CC(=O)O)c2cc(Cl)ccc2S1. The summed E-state index contributed by atoms with van der Waals surface area (Å²) in [6.45, 7) is 2.86. The van der Waals surface area contributed by atoms with Gasteiger partial charge in [0.15, 0.2) is 0 Å². The Bertz CT molecular complexity index is 424. The molecule has 1 aliphatic rings. The van der Waals surface area contributed by atoms with Crippen molar-refractivity contribution in [3.8, 4) is 0 Å². The Morgan fingerprint density at radius 3 is 3.12 bits per heavy atom. The number of halogens is 1. The van der Waals surface area contributed by atoms with E-state index in [4.69, 9.17) is 16.7 Å². The van der Waals surface area contributed by atoms with Gasteiger partial charge in [0.25, 0.3) is 0 Å². The van der Waals surface area contributed by atoms with Gasteiger partial charge in [0, 0.05) is 21.7 Å². The number of carboxylic acid groups (broad SMARTS) is 1. The van der Waals surface area contributed by atoms with Crippen LogP contribution in [0.5, 0.6) is 0 Å². The van der Waals surface area contributed by atoms with Crippen molar-refractivity contribution < 1.29 is 9.90 Å². The molecule has 1 heterocycles. The molecular formula is C11H12ClNO2S. The van der Waals surface area contributed by atoms with Gasteiger partial charge < -0.3 is 10.0 Å². The van der Waals surface area contributed by atoms with Gasteiger partial charge in [0.05, 0.1) is 5.69 Å². The summed E-state index contributed by atoms with van der Waals surface area (Å²) in [5.74, 6) is -0.815. The molecule has 0 aromatic heterocycles. The zero-order chi connectivity index (χ0) is 11.7. The van der Waals surface area contributed by atoms with E-state index in [1.807, 2.05) is 23.1 Å². The Balaban J connectivity index is 2.35. The molecule has 86 valence electrons. The molecule has 1 atom stereocenters. The third kappa shape index (κ3) is 2.44. The lowest BCUT2D eigenvalue weighted by Gasteiger charge is -2.33. The maximum atomic E-state index is 10.8. The molecule has 1 unspecified atom stereocenters. The molecule has 16 heavy (non-hydrogen) atoms. The van der Waals surface area contributed by atoms with Crippen molar-refractivity contribution in [2.24, 2.45) is 0 Å². The van der Waals surface area contributed by atoms with Gasteiger partial charge in [0.1, 0.15) is 6.54 Å². The Hall–Kier alpha value is -0.870. The van der Waals surface area contributed by atoms with Gasteiger partial charge in [-0.3, -0.25) is 4.79 Å². The van der Waals surface area contributed by atoms with Crippen LogP contribution in [0.2, 0.25) is 5.02 Å². The van der Waals surface area contributed by atoms with Gasteiger partial charge in [-0.2, -0.15) is 0 Å². The summed E-state index contributed by atoms with van der Waals surface area (Å²) >= 11 is 7.69. The van der Waals surface area contributed by atoms with Crippen LogP contribution in [-0.4, -0.2) is 29.4 Å². The fraction of sp³-hybridized carbons (Fsp3) is 0.364. The number of benzene rings is 1. The van der Waals surface area contributed by atoms with E-state index >= 15 is 0 Å². The predicted molar refractivity (Wildman–Crippen MR) is 66.6 cm³/mol. The lowest BCUT2D eigenvalue weighted by Crippen LogP contribution is -2.37. The Kier molecular flexibility index (Phi) is 3.30. The maximum Gasteiger partial charge on any atom is 0.323 e. The predicted octanol–water partition coefficient (Wildman–Crippen LogP) is 2.73. The molecule has 0 bridgehead atoms. The van der Waals surface area contributed by atoms with Crippen molar-refractivity contribution in [3.05, 3.63) is 23.2 Å². The first-order chi connectivity index (χ1) is 7.56. The molecular weight excluding hydrogens is 246 g/mol. The molecule has 0 spiro atoms. The average Bonchev–Trinajstić information content (AvgIpc) is 2.18. The molecule has 5 heteroatoms. The van der Waals surface area contributed by atoms with Crippen molar-refractivity contribution in [1.82, 2.24) is 0 Å². The van der Waals surface area contributed by atoms with Crippen LogP contribution >= 0.6 is 23.4 Å². The highest BCUT2D eigenvalue weighted by Gasteiger charge is 2.23. The molecule has 0 aliphatic carbocycles. The van der Waals surface area contributed by atoms with Gasteiger partial charge >= 0.3 is 5.97 Å². The van der Waals surface area contributed by atoms with Gasteiger partial charge in [-0.05, 0) is 18.2 Å². The number of aliphatic carboxylic acids is 1. The lowest BCUT2D eigenvalue weighted by atomic mass is 10.2. The first-order valence-corrected chi connectivity index (χ1v) is 6.25. The molecule has 0 saturated carbocycles. The first-order valence-electron chi connectivity index (χ1n) is 4.99. The molecule has 2 rings (SSSR count). The van der Waals surface area contributed by atoms with Crippen LogP contribution in [0.4, 0.5) is 5.69 Å². The molecule has 1 aromatic carbocycles. The van der Waals surface area contributed by atoms with E-state index in [1.165, 1.54) is 0 Å². The topological polar surface area (TPSA) is 40.5 Å². The van der Waals surface area contributed by atoms with Gasteiger partial charge in [0.2, 0.25) is 0 Å². The van der Waals surface area contributed by atoms with Crippen LogP contribution in [0.15, 0.2) is 23.1 Å². The number of rotatable bonds is 2. The van der Waals surface area contributed by atoms with E-state index in [0.29, 0.717) is 10.3 Å². The minimum atomic E-state index is -0.815. The number of carboxylic acids is 1. The van der Waals surface area contributed by atoms with Crippen LogP contribution in [0.3, 0.4) is 0 Å². The largest absolute Gasteiger partial charge is 0.480 e. The quantitative estimate of drug-likeness (QED) is 0.885. The van der Waals surface area contributed by atoms with Crippen LogP contribution in [-0.2, 0) is 4.79 Å². The van der Waals surface area contributed by atoms with Crippen molar-refractivity contribution in [2.45, 2.75) is 17.1 Å². The number of hydrogen-bond donors (Lipinski definition) is 1. The highest BCUT2D eigenvalue weighted by atomic mass is 35.5. The van der Waals surface area contributed by atoms with Crippen molar-refractivity contribution in [2.75, 3.05) is 18.0 Å². The summed E-state index contributed by atoms with van der Waals surface area (Å²) in [7, 11) is 0. The highest BCUT2D eigenvalue weighted by Crippen LogP contribution is 2.39. The third-order valence-corrected chi connectivity index (χ3v) is 3.78. The van der Waals surface area contributed by atoms with Gasteiger partial charge in [-0.15, -0.1) is 11.8 Å². The molecule has 0 radical (unpaired) electrons. The number of nitrogens with zero attached hydrogens (tertiary/aromatic N) is 1. The fourth-order valence-electron chi connectivity index (χ4n) is 1.81. The Labute approximate surface area is 103 Å². The van der Waals surface area contributed by atoms with Crippen LogP contribution in [0.25, 0.3) is 0 Å². The normalized spacial score (nSPS) is 19.4. The van der Waals surface area contributed by atoms with Gasteiger partial charge in [-0.25, -0.2) is 0 Å². The van der Waals surface area contributed by atoms with E-state index in [-0.39, 0.29) is 6.54 Å². The van der Waals surface area contributed by atoms with Crippen LogP contribution in [0, 0.1) is 0 Å². The molecule has 1 N–H and O–H groups in total. The lowest BCUT2D eigenvalue weighted by molar-refractivity contribution is -0.135. The summed E-state index contributed by atoms with van der Waals surface area (Å²) in [4.78, 5) is 13.8. The average molecular weight is 258 g/mol. The summed E-state index contributed by atoms with van der Waals surface area (Å²) in [5.41, 5.74) is 0.929. The van der Waals surface area contributed by atoms with Crippen LogP contribution < -0.4 is 4.90 Å². The van der Waals surface area contributed by atoms with Crippen molar-refractivity contribution >= 4 is 35.0 Å². The second kappa shape index (κ2) is 4.55. The standard InChI is InChI=1S/C11H12ClNO2S/c1-7-5-13(6-11(14)15)9-4-8(12)2-3-10(9)16-7/h2-4,7H,5-6H2,1H3,(H,14,15). The zero-order valence-corrected chi connectivity index (χ0v) is 10.4. The second-order valence-corrected chi connectivity index (χ2v) is 5.73. The number of hydrogen-bond acceptors (Lipinski definition) is 3. The summed E-state index contributed by atoms with van der Waals surface area (Å²) in [5, 5.41) is 9.90. The summed E-state index contributed by atoms with van der Waals surface area (Å²) in [6, 6.07) is 5.62. The van der Waals surface area contributed by atoms with Crippen LogP contribution in [0.1, 0.15) is 6.92 Å². The second-order valence-electron chi connectivity index (χ2n) is 3.81. The minimum absolute atomic E-state index is 0.0260. The zero-order valence-electron chi connectivity index (χ0n) is 8.81. The molecule has 1 aromatic rings. The minimum Gasteiger partial charge on any atom is -0.480 e. The van der Waals surface area contributed by atoms with E-state index in [1.54, 1.807) is 11.8 Å².